The average Bonchev–Trinajstić information content (AvgIpc) is 2.70. The Kier molecular flexibility index (Phi) is 4.68. The van der Waals surface area contributed by atoms with E-state index in [9.17, 15) is 18.3 Å². The Hall–Kier alpha value is -3.45. The standard InChI is InChI=1S/C22H18N2O4S/c1-29(27,28)17-9-7-16(8-10-17)18-11-19-20(12-23-13-21(19)25)24(22(18)26)14-15-5-3-2-4-6-15/h2-13,25H,14H2,1H3. The molecule has 0 unspecified atom stereocenters. The number of fused-ring (bicyclic) bond motifs is 1. The first-order valence-corrected chi connectivity index (χ1v) is 10.8. The lowest BCUT2D eigenvalue weighted by molar-refractivity contribution is 0.479. The molecule has 146 valence electrons. The van der Waals surface area contributed by atoms with E-state index in [-0.39, 0.29) is 16.2 Å². The van der Waals surface area contributed by atoms with Crippen LogP contribution in [0.4, 0.5) is 0 Å². The zero-order chi connectivity index (χ0) is 20.6. The zero-order valence-electron chi connectivity index (χ0n) is 15.6. The van der Waals surface area contributed by atoms with Crippen LogP contribution in [0.2, 0.25) is 0 Å². The fourth-order valence-electron chi connectivity index (χ4n) is 3.28. The van der Waals surface area contributed by atoms with E-state index >= 15 is 0 Å². The number of aromatic nitrogens is 2. The Morgan fingerprint density at radius 1 is 1.00 bits per heavy atom. The van der Waals surface area contributed by atoms with E-state index in [1.54, 1.807) is 29.0 Å². The number of benzene rings is 2. The predicted octanol–water partition coefficient (Wildman–Crippen LogP) is 3.22. The normalized spacial score (nSPS) is 11.6. The highest BCUT2D eigenvalue weighted by molar-refractivity contribution is 7.90. The van der Waals surface area contributed by atoms with Gasteiger partial charge in [0.15, 0.2) is 9.84 Å². The molecule has 0 saturated carbocycles. The molecule has 0 aliphatic heterocycles. The van der Waals surface area contributed by atoms with Crippen LogP contribution in [-0.2, 0) is 16.4 Å². The summed E-state index contributed by atoms with van der Waals surface area (Å²) in [5.41, 5.74) is 2.15. The van der Waals surface area contributed by atoms with Crippen LogP contribution in [0.5, 0.6) is 5.75 Å². The predicted molar refractivity (Wildman–Crippen MR) is 112 cm³/mol. The lowest BCUT2D eigenvalue weighted by atomic mass is 10.0. The maximum Gasteiger partial charge on any atom is 0.259 e. The Morgan fingerprint density at radius 2 is 1.69 bits per heavy atom. The monoisotopic (exact) mass is 406 g/mol. The number of hydrogen-bond donors (Lipinski definition) is 1. The van der Waals surface area contributed by atoms with Crippen LogP contribution in [0, 0.1) is 0 Å². The molecule has 0 aliphatic carbocycles. The largest absolute Gasteiger partial charge is 0.506 e. The third kappa shape index (κ3) is 3.64. The summed E-state index contributed by atoms with van der Waals surface area (Å²) in [6.07, 6.45) is 4.02. The summed E-state index contributed by atoms with van der Waals surface area (Å²) in [4.78, 5) is 17.5. The lowest BCUT2D eigenvalue weighted by Gasteiger charge is -2.14. The van der Waals surface area contributed by atoms with Crippen molar-refractivity contribution in [3.63, 3.8) is 0 Å². The third-order valence-corrected chi connectivity index (χ3v) is 5.91. The zero-order valence-corrected chi connectivity index (χ0v) is 16.4. The highest BCUT2D eigenvalue weighted by Crippen LogP contribution is 2.27. The van der Waals surface area contributed by atoms with Crippen LogP contribution >= 0.6 is 0 Å². The minimum absolute atomic E-state index is 0.0293. The minimum atomic E-state index is -3.33. The fourth-order valence-corrected chi connectivity index (χ4v) is 3.91. The van der Waals surface area contributed by atoms with Gasteiger partial charge >= 0.3 is 0 Å². The van der Waals surface area contributed by atoms with Crippen molar-refractivity contribution < 1.29 is 13.5 Å². The topological polar surface area (TPSA) is 89.3 Å². The van der Waals surface area contributed by atoms with E-state index in [2.05, 4.69) is 4.98 Å². The lowest BCUT2D eigenvalue weighted by Crippen LogP contribution is -2.23. The molecule has 0 saturated heterocycles. The summed E-state index contributed by atoms with van der Waals surface area (Å²) in [5.74, 6) is -0.0293. The van der Waals surface area contributed by atoms with E-state index in [1.165, 1.54) is 18.3 Å². The molecule has 0 bridgehead atoms. The molecular formula is C22H18N2O4S. The quantitative estimate of drug-likeness (QED) is 0.562. The van der Waals surface area contributed by atoms with Crippen molar-refractivity contribution in [3.05, 3.63) is 89.0 Å². The first-order valence-electron chi connectivity index (χ1n) is 8.89. The van der Waals surface area contributed by atoms with Crippen molar-refractivity contribution in [1.82, 2.24) is 9.55 Å². The summed E-state index contributed by atoms with van der Waals surface area (Å²) in [6.45, 7) is 0.316. The van der Waals surface area contributed by atoms with Crippen LogP contribution in [0.3, 0.4) is 0 Å². The maximum atomic E-state index is 13.3. The van der Waals surface area contributed by atoms with Gasteiger partial charge in [0.25, 0.3) is 5.56 Å². The van der Waals surface area contributed by atoms with Gasteiger partial charge in [-0.1, -0.05) is 42.5 Å². The summed E-state index contributed by atoms with van der Waals surface area (Å²) >= 11 is 0. The first kappa shape index (κ1) is 18.9. The molecule has 2 aromatic carbocycles. The molecule has 0 spiro atoms. The van der Waals surface area contributed by atoms with Crippen molar-refractivity contribution in [2.75, 3.05) is 6.26 Å². The van der Waals surface area contributed by atoms with Gasteiger partial charge in [-0.3, -0.25) is 9.78 Å². The van der Waals surface area contributed by atoms with E-state index < -0.39 is 9.84 Å². The van der Waals surface area contributed by atoms with Gasteiger partial charge in [-0.2, -0.15) is 0 Å². The molecule has 0 radical (unpaired) electrons. The Morgan fingerprint density at radius 3 is 2.34 bits per heavy atom. The van der Waals surface area contributed by atoms with Gasteiger partial charge in [-0.25, -0.2) is 8.42 Å². The Bertz CT molecular complexity index is 1360. The highest BCUT2D eigenvalue weighted by Gasteiger charge is 2.15. The van der Waals surface area contributed by atoms with Gasteiger partial charge in [0.1, 0.15) is 5.75 Å². The molecule has 2 heterocycles. The van der Waals surface area contributed by atoms with Crippen molar-refractivity contribution in [2.45, 2.75) is 11.4 Å². The highest BCUT2D eigenvalue weighted by atomic mass is 32.2. The van der Waals surface area contributed by atoms with Crippen molar-refractivity contribution in [1.29, 1.82) is 0 Å². The van der Waals surface area contributed by atoms with Gasteiger partial charge in [-0.05, 0) is 29.3 Å². The van der Waals surface area contributed by atoms with E-state index in [0.29, 0.717) is 28.6 Å². The van der Waals surface area contributed by atoms with Crippen LogP contribution in [0.25, 0.3) is 22.0 Å². The summed E-state index contributed by atoms with van der Waals surface area (Å²) in [7, 11) is -3.33. The van der Waals surface area contributed by atoms with Crippen molar-refractivity contribution in [2.24, 2.45) is 0 Å². The Labute approximate surface area is 167 Å². The first-order chi connectivity index (χ1) is 13.8. The van der Waals surface area contributed by atoms with Crippen LogP contribution in [0.1, 0.15) is 5.56 Å². The number of rotatable bonds is 4. The smallest absolute Gasteiger partial charge is 0.259 e. The summed E-state index contributed by atoms with van der Waals surface area (Å²) < 4.78 is 25.0. The molecule has 29 heavy (non-hydrogen) atoms. The molecule has 4 aromatic rings. The molecular weight excluding hydrogens is 388 g/mol. The number of nitrogens with zero attached hydrogens (tertiary/aromatic N) is 2. The van der Waals surface area contributed by atoms with Crippen LogP contribution in [-0.4, -0.2) is 29.3 Å². The van der Waals surface area contributed by atoms with Crippen LogP contribution in [0.15, 0.2) is 82.7 Å². The number of aromatic hydroxyl groups is 1. The summed E-state index contributed by atoms with van der Waals surface area (Å²) in [6, 6.07) is 17.3. The number of sulfone groups is 1. The SMILES string of the molecule is CS(=O)(=O)c1ccc(-c2cc3c(O)cncc3n(Cc3ccccc3)c2=O)cc1. The number of pyridine rings is 2. The van der Waals surface area contributed by atoms with E-state index in [0.717, 1.165) is 11.8 Å². The van der Waals surface area contributed by atoms with Crippen molar-refractivity contribution in [3.8, 4) is 16.9 Å². The van der Waals surface area contributed by atoms with E-state index in [1.807, 2.05) is 30.3 Å². The molecule has 0 atom stereocenters. The molecule has 6 nitrogen and oxygen atoms in total. The maximum absolute atomic E-state index is 13.3. The number of hydrogen-bond acceptors (Lipinski definition) is 5. The van der Waals surface area contributed by atoms with Crippen LogP contribution < -0.4 is 5.56 Å². The second-order valence-electron chi connectivity index (χ2n) is 6.82. The van der Waals surface area contributed by atoms with Gasteiger partial charge in [0.2, 0.25) is 0 Å². The van der Waals surface area contributed by atoms with Crippen molar-refractivity contribution >= 4 is 20.7 Å². The molecule has 0 amide bonds. The second kappa shape index (κ2) is 7.18. The van der Waals surface area contributed by atoms with Gasteiger partial charge < -0.3 is 9.67 Å². The molecule has 2 aromatic heterocycles. The summed E-state index contributed by atoms with van der Waals surface area (Å²) in [5, 5.41) is 10.8. The Balaban J connectivity index is 1.94. The molecule has 0 aliphatic rings. The fraction of sp³-hybridized carbons (Fsp3) is 0.0909. The molecule has 0 fully saturated rings. The van der Waals surface area contributed by atoms with Gasteiger partial charge in [-0.15, -0.1) is 0 Å². The van der Waals surface area contributed by atoms with Gasteiger partial charge in [0.05, 0.1) is 29.4 Å². The molecule has 4 rings (SSSR count). The second-order valence-corrected chi connectivity index (χ2v) is 8.84. The average molecular weight is 406 g/mol. The van der Waals surface area contributed by atoms with Gasteiger partial charge in [0, 0.05) is 17.2 Å². The molecule has 7 heteroatoms. The third-order valence-electron chi connectivity index (χ3n) is 4.78. The minimum Gasteiger partial charge on any atom is -0.506 e. The molecule has 1 N–H and O–H groups in total. The van der Waals surface area contributed by atoms with E-state index in [4.69, 9.17) is 0 Å².